The van der Waals surface area contributed by atoms with Crippen LogP contribution in [-0.4, -0.2) is 30.4 Å². The number of amides is 1. The lowest BCUT2D eigenvalue weighted by Gasteiger charge is -2.15. The molecular weight excluding hydrogens is 346 g/mol. The topological polar surface area (TPSA) is 72.7 Å². The van der Waals surface area contributed by atoms with E-state index < -0.39 is 4.75 Å². The van der Waals surface area contributed by atoms with Crippen LogP contribution in [0.25, 0.3) is 11.4 Å². The third kappa shape index (κ3) is 3.22. The molecule has 2 aromatic heterocycles. The molecule has 0 radical (unpaired) electrons. The van der Waals surface area contributed by atoms with E-state index in [1.54, 1.807) is 12.4 Å². The number of nitrogens with zero attached hydrogens (tertiary/aromatic N) is 4. The number of rotatable bonds is 6. The van der Waals surface area contributed by atoms with Crippen LogP contribution in [0.5, 0.6) is 0 Å². The maximum absolute atomic E-state index is 12.8. The minimum atomic E-state index is -0.456. The Morgan fingerprint density at radius 1 is 1.19 bits per heavy atom. The minimum Gasteiger partial charge on any atom is -0.325 e. The number of anilines is 1. The number of pyridine rings is 1. The Hall–Kier alpha value is -2.67. The summed E-state index contributed by atoms with van der Waals surface area (Å²) in [6, 6.07) is 13.4. The van der Waals surface area contributed by atoms with Crippen molar-refractivity contribution in [3.05, 3.63) is 54.9 Å². The maximum atomic E-state index is 12.8. The summed E-state index contributed by atoms with van der Waals surface area (Å²) in [5.74, 6) is 0.810. The van der Waals surface area contributed by atoms with Crippen molar-refractivity contribution in [3.8, 4) is 11.4 Å². The van der Waals surface area contributed by atoms with Crippen LogP contribution in [0.3, 0.4) is 0 Å². The number of carbonyl (C=O) groups excluding carboxylic acids is 1. The summed E-state index contributed by atoms with van der Waals surface area (Å²) < 4.78 is 1.58. The lowest BCUT2D eigenvalue weighted by molar-refractivity contribution is -0.116. The number of para-hydroxylation sites is 1. The maximum Gasteiger partial charge on any atom is 0.241 e. The van der Waals surface area contributed by atoms with E-state index in [1.165, 1.54) is 11.8 Å². The van der Waals surface area contributed by atoms with Crippen molar-refractivity contribution in [1.29, 1.82) is 0 Å². The lowest BCUT2D eigenvalue weighted by atomic mass is 10.3. The van der Waals surface area contributed by atoms with E-state index in [2.05, 4.69) is 27.4 Å². The minimum absolute atomic E-state index is 0.0299. The van der Waals surface area contributed by atoms with Gasteiger partial charge in [0.05, 0.1) is 0 Å². The number of carbonyl (C=O) groups is 1. The van der Waals surface area contributed by atoms with Gasteiger partial charge in [0, 0.05) is 30.2 Å². The quantitative estimate of drug-likeness (QED) is 0.722. The van der Waals surface area contributed by atoms with Gasteiger partial charge >= 0.3 is 0 Å². The summed E-state index contributed by atoms with van der Waals surface area (Å²) in [5, 5.41) is 12.5. The van der Waals surface area contributed by atoms with Crippen LogP contribution < -0.4 is 5.32 Å². The molecule has 0 spiro atoms. The predicted molar refractivity (Wildman–Crippen MR) is 102 cm³/mol. The molecule has 132 valence electrons. The SMILES string of the molecule is CCn1c(SC2(C(=O)Nc3ccccc3)CC2)nnc1-c1cccnc1. The molecule has 1 aliphatic carbocycles. The van der Waals surface area contributed by atoms with E-state index in [1.807, 2.05) is 47.0 Å². The Morgan fingerprint density at radius 3 is 2.65 bits per heavy atom. The van der Waals surface area contributed by atoms with E-state index in [-0.39, 0.29) is 5.91 Å². The van der Waals surface area contributed by atoms with Gasteiger partial charge in [-0.05, 0) is 44.0 Å². The van der Waals surface area contributed by atoms with Crippen LogP contribution in [0, 0.1) is 0 Å². The standard InChI is InChI=1S/C19H19N5OS/c1-2-24-16(14-7-6-12-20-13-14)22-23-18(24)26-19(10-11-19)17(25)21-15-8-4-3-5-9-15/h3-9,12-13H,2,10-11H2,1H3,(H,21,25). The molecule has 0 bridgehead atoms. The van der Waals surface area contributed by atoms with E-state index in [4.69, 9.17) is 0 Å². The van der Waals surface area contributed by atoms with E-state index in [9.17, 15) is 4.79 Å². The monoisotopic (exact) mass is 365 g/mol. The third-order valence-corrected chi connectivity index (χ3v) is 5.86. The highest BCUT2D eigenvalue weighted by atomic mass is 32.2. The molecule has 4 rings (SSSR count). The van der Waals surface area contributed by atoms with Crippen molar-refractivity contribution in [2.75, 3.05) is 5.32 Å². The van der Waals surface area contributed by atoms with Gasteiger partial charge in [0.2, 0.25) is 5.91 Å². The van der Waals surface area contributed by atoms with Gasteiger partial charge in [0.25, 0.3) is 0 Å². The molecule has 0 saturated heterocycles. The zero-order chi connectivity index (χ0) is 18.0. The van der Waals surface area contributed by atoms with Gasteiger partial charge in [-0.2, -0.15) is 0 Å². The average Bonchev–Trinajstić information content (AvgIpc) is 3.36. The first-order valence-electron chi connectivity index (χ1n) is 8.61. The summed E-state index contributed by atoms with van der Waals surface area (Å²) in [6.07, 6.45) is 5.20. The number of thioether (sulfide) groups is 1. The van der Waals surface area contributed by atoms with Gasteiger partial charge < -0.3 is 9.88 Å². The highest BCUT2D eigenvalue weighted by Gasteiger charge is 2.52. The van der Waals surface area contributed by atoms with Crippen LogP contribution in [0.1, 0.15) is 19.8 Å². The highest BCUT2D eigenvalue weighted by Crippen LogP contribution is 2.52. The number of nitrogens with one attached hydrogen (secondary N) is 1. The Balaban J connectivity index is 1.55. The van der Waals surface area contributed by atoms with Crippen molar-refractivity contribution >= 4 is 23.4 Å². The largest absolute Gasteiger partial charge is 0.325 e. The average molecular weight is 365 g/mol. The van der Waals surface area contributed by atoms with Crippen LogP contribution >= 0.6 is 11.8 Å². The number of hydrogen-bond acceptors (Lipinski definition) is 5. The normalized spacial score (nSPS) is 14.8. The Morgan fingerprint density at radius 2 is 2.00 bits per heavy atom. The first kappa shape index (κ1) is 16.8. The number of hydrogen-bond donors (Lipinski definition) is 1. The molecule has 0 atom stereocenters. The molecule has 1 saturated carbocycles. The summed E-state index contributed by atoms with van der Waals surface area (Å²) in [7, 11) is 0. The van der Waals surface area contributed by atoms with Gasteiger partial charge in [-0.25, -0.2) is 0 Å². The Labute approximate surface area is 156 Å². The van der Waals surface area contributed by atoms with Crippen LogP contribution in [-0.2, 0) is 11.3 Å². The lowest BCUT2D eigenvalue weighted by Crippen LogP contribution is -2.27. The van der Waals surface area contributed by atoms with Gasteiger partial charge in [0.15, 0.2) is 11.0 Å². The molecule has 7 heteroatoms. The second-order valence-corrected chi connectivity index (χ2v) is 7.56. The molecule has 0 aliphatic heterocycles. The van der Waals surface area contributed by atoms with E-state index >= 15 is 0 Å². The van der Waals surface area contributed by atoms with Crippen LogP contribution in [0.2, 0.25) is 0 Å². The summed E-state index contributed by atoms with van der Waals surface area (Å²) in [4.78, 5) is 16.9. The highest BCUT2D eigenvalue weighted by molar-refractivity contribution is 8.01. The Kier molecular flexibility index (Phi) is 4.46. The number of aromatic nitrogens is 4. The van der Waals surface area contributed by atoms with E-state index in [0.29, 0.717) is 0 Å². The van der Waals surface area contributed by atoms with Gasteiger partial charge in [-0.1, -0.05) is 30.0 Å². The summed E-state index contributed by atoms with van der Waals surface area (Å²) >= 11 is 1.51. The van der Waals surface area contributed by atoms with Crippen molar-refractivity contribution in [2.45, 2.75) is 36.2 Å². The molecule has 6 nitrogen and oxygen atoms in total. The molecule has 1 N–H and O–H groups in total. The molecule has 1 fully saturated rings. The summed E-state index contributed by atoms with van der Waals surface area (Å²) in [6.45, 7) is 2.78. The fraction of sp³-hybridized carbons (Fsp3) is 0.263. The first-order valence-corrected chi connectivity index (χ1v) is 9.42. The van der Waals surface area contributed by atoms with Crippen molar-refractivity contribution in [3.63, 3.8) is 0 Å². The van der Waals surface area contributed by atoms with Crippen LogP contribution in [0.15, 0.2) is 60.0 Å². The van der Waals surface area contributed by atoms with Crippen molar-refractivity contribution < 1.29 is 4.79 Å². The number of benzene rings is 1. The smallest absolute Gasteiger partial charge is 0.241 e. The van der Waals surface area contributed by atoms with Gasteiger partial charge in [-0.3, -0.25) is 9.78 Å². The molecule has 2 heterocycles. The molecule has 3 aromatic rings. The molecular formula is C19H19N5OS. The molecule has 1 amide bonds. The van der Waals surface area contributed by atoms with Crippen LogP contribution in [0.4, 0.5) is 5.69 Å². The Bertz CT molecular complexity index is 906. The predicted octanol–water partition coefficient (Wildman–Crippen LogP) is 3.62. The summed E-state index contributed by atoms with van der Waals surface area (Å²) in [5.41, 5.74) is 1.74. The third-order valence-electron chi connectivity index (χ3n) is 4.39. The molecule has 1 aromatic carbocycles. The fourth-order valence-corrected chi connectivity index (χ4v) is 3.99. The fourth-order valence-electron chi connectivity index (χ4n) is 2.79. The zero-order valence-corrected chi connectivity index (χ0v) is 15.2. The van der Waals surface area contributed by atoms with Gasteiger partial charge in [0.1, 0.15) is 4.75 Å². The first-order chi connectivity index (χ1) is 12.7. The molecule has 26 heavy (non-hydrogen) atoms. The zero-order valence-electron chi connectivity index (χ0n) is 14.4. The molecule has 0 unspecified atom stereocenters. The molecule has 1 aliphatic rings. The van der Waals surface area contributed by atoms with Crippen molar-refractivity contribution in [2.24, 2.45) is 0 Å². The van der Waals surface area contributed by atoms with Gasteiger partial charge in [-0.15, -0.1) is 10.2 Å². The van der Waals surface area contributed by atoms with Crippen molar-refractivity contribution in [1.82, 2.24) is 19.7 Å². The van der Waals surface area contributed by atoms with E-state index in [0.717, 1.165) is 41.6 Å². The second-order valence-electron chi connectivity index (χ2n) is 6.21. The second kappa shape index (κ2) is 6.92.